The first-order valence-corrected chi connectivity index (χ1v) is 8.40. The number of nitrogens with zero attached hydrogens (tertiary/aromatic N) is 3. The van der Waals surface area contributed by atoms with Crippen LogP contribution in [0.25, 0.3) is 0 Å². The zero-order valence-corrected chi connectivity index (χ0v) is 14.4. The molecule has 2 unspecified atom stereocenters. The molecule has 1 aliphatic rings. The predicted molar refractivity (Wildman–Crippen MR) is 98.0 cm³/mol. The lowest BCUT2D eigenvalue weighted by molar-refractivity contribution is 0.413. The van der Waals surface area contributed by atoms with Crippen LogP contribution >= 0.6 is 11.6 Å². The average molecular weight is 356 g/mol. The van der Waals surface area contributed by atoms with Gasteiger partial charge in [-0.25, -0.2) is 4.68 Å². The maximum absolute atomic E-state index is 6.43. The standard InChI is InChI=1S/C18H18ClN5O/c1-25-12-8-6-11(7-9-12)15-10-16(13-4-2-3-5-14(13)19)24-18(21-15)22-17(20)23-24/h2-9,15-16H,10H2,1H3,(H3,20,21,22,23). The molecule has 0 saturated heterocycles. The highest BCUT2D eigenvalue weighted by Gasteiger charge is 2.31. The minimum Gasteiger partial charge on any atom is -0.497 e. The minimum absolute atomic E-state index is 0.0400. The predicted octanol–water partition coefficient (Wildman–Crippen LogP) is 3.67. The van der Waals surface area contributed by atoms with Crippen LogP contribution in [-0.2, 0) is 0 Å². The van der Waals surface area contributed by atoms with Gasteiger partial charge in [-0.05, 0) is 35.7 Å². The number of hydrogen-bond donors (Lipinski definition) is 2. The second kappa shape index (κ2) is 6.29. The Bertz CT molecular complexity index is 893. The minimum atomic E-state index is -0.0400. The summed E-state index contributed by atoms with van der Waals surface area (Å²) in [5.74, 6) is 1.72. The van der Waals surface area contributed by atoms with Crippen LogP contribution in [0.15, 0.2) is 48.5 Å². The van der Waals surface area contributed by atoms with Crippen molar-refractivity contribution >= 4 is 23.5 Å². The van der Waals surface area contributed by atoms with Crippen LogP contribution in [0, 0.1) is 0 Å². The van der Waals surface area contributed by atoms with Crippen molar-refractivity contribution in [3.8, 4) is 5.75 Å². The van der Waals surface area contributed by atoms with Gasteiger partial charge in [0.05, 0.1) is 19.2 Å². The summed E-state index contributed by atoms with van der Waals surface area (Å²) in [6, 6.07) is 15.8. The molecule has 0 bridgehead atoms. The number of nitrogens with one attached hydrogen (secondary N) is 1. The summed E-state index contributed by atoms with van der Waals surface area (Å²) >= 11 is 6.43. The number of ether oxygens (including phenoxy) is 1. The Labute approximate surface area is 150 Å². The summed E-state index contributed by atoms with van der Waals surface area (Å²) in [5, 5.41) is 8.48. The molecule has 0 fully saturated rings. The third-order valence-corrected chi connectivity index (χ3v) is 4.83. The number of methoxy groups -OCH3 is 1. The number of fused-ring (bicyclic) bond motifs is 1. The highest BCUT2D eigenvalue weighted by Crippen LogP contribution is 2.40. The van der Waals surface area contributed by atoms with Crippen molar-refractivity contribution in [3.63, 3.8) is 0 Å². The van der Waals surface area contributed by atoms with Crippen molar-refractivity contribution in [1.82, 2.24) is 14.8 Å². The fourth-order valence-corrected chi connectivity index (χ4v) is 3.51. The number of aromatic nitrogens is 3. The second-order valence-electron chi connectivity index (χ2n) is 5.98. The first-order valence-electron chi connectivity index (χ1n) is 8.02. The normalized spacial score (nSPS) is 19.1. The van der Waals surface area contributed by atoms with Crippen LogP contribution in [0.2, 0.25) is 5.02 Å². The number of benzene rings is 2. The van der Waals surface area contributed by atoms with E-state index in [1.54, 1.807) is 7.11 Å². The summed E-state index contributed by atoms with van der Waals surface area (Å²) in [4.78, 5) is 4.32. The monoisotopic (exact) mass is 355 g/mol. The molecule has 7 heteroatoms. The van der Waals surface area contributed by atoms with Crippen LogP contribution in [0.4, 0.5) is 11.9 Å². The Balaban J connectivity index is 1.74. The lowest BCUT2D eigenvalue weighted by Gasteiger charge is -2.32. The molecule has 0 saturated carbocycles. The van der Waals surface area contributed by atoms with E-state index in [0.29, 0.717) is 11.0 Å². The summed E-state index contributed by atoms with van der Waals surface area (Å²) in [5.41, 5.74) is 7.98. The van der Waals surface area contributed by atoms with Crippen molar-refractivity contribution in [2.75, 3.05) is 18.2 Å². The SMILES string of the molecule is COc1ccc(C2CC(c3ccccc3Cl)n3nc(N)nc3N2)cc1. The van der Waals surface area contributed by atoms with Gasteiger partial charge in [-0.3, -0.25) is 0 Å². The second-order valence-corrected chi connectivity index (χ2v) is 6.39. The molecule has 128 valence electrons. The molecule has 0 aliphatic carbocycles. The molecule has 0 amide bonds. The van der Waals surface area contributed by atoms with Crippen molar-refractivity contribution in [2.45, 2.75) is 18.5 Å². The van der Waals surface area contributed by atoms with Gasteiger partial charge in [-0.15, -0.1) is 5.10 Å². The van der Waals surface area contributed by atoms with Gasteiger partial charge >= 0.3 is 0 Å². The number of nitrogen functional groups attached to an aromatic ring is 1. The molecule has 4 rings (SSSR count). The van der Waals surface area contributed by atoms with Crippen molar-refractivity contribution in [3.05, 3.63) is 64.7 Å². The molecule has 2 aromatic carbocycles. The Kier molecular flexibility index (Phi) is 3.97. The van der Waals surface area contributed by atoms with Crippen LogP contribution in [-0.4, -0.2) is 21.9 Å². The van der Waals surface area contributed by atoms with Gasteiger partial charge < -0.3 is 15.8 Å². The molecule has 2 atom stereocenters. The Hall–Kier alpha value is -2.73. The highest BCUT2D eigenvalue weighted by molar-refractivity contribution is 6.31. The van der Waals surface area contributed by atoms with Gasteiger partial charge in [0.2, 0.25) is 11.9 Å². The van der Waals surface area contributed by atoms with Crippen LogP contribution in [0.1, 0.15) is 29.6 Å². The first kappa shape index (κ1) is 15.8. The van der Waals surface area contributed by atoms with Gasteiger partial charge in [-0.1, -0.05) is 41.9 Å². The van der Waals surface area contributed by atoms with Crippen molar-refractivity contribution in [2.24, 2.45) is 0 Å². The van der Waals surface area contributed by atoms with E-state index in [4.69, 9.17) is 22.1 Å². The first-order chi connectivity index (χ1) is 12.2. The van der Waals surface area contributed by atoms with E-state index in [1.165, 1.54) is 0 Å². The van der Waals surface area contributed by atoms with Gasteiger partial charge in [-0.2, -0.15) is 4.98 Å². The third kappa shape index (κ3) is 2.89. The molecule has 0 radical (unpaired) electrons. The van der Waals surface area contributed by atoms with E-state index in [1.807, 2.05) is 41.1 Å². The van der Waals surface area contributed by atoms with E-state index in [-0.39, 0.29) is 18.0 Å². The zero-order valence-electron chi connectivity index (χ0n) is 13.7. The Morgan fingerprint density at radius 3 is 2.68 bits per heavy atom. The Morgan fingerprint density at radius 1 is 1.20 bits per heavy atom. The summed E-state index contributed by atoms with van der Waals surface area (Å²) in [6.07, 6.45) is 0.784. The number of nitrogens with two attached hydrogens (primary N) is 1. The summed E-state index contributed by atoms with van der Waals surface area (Å²) < 4.78 is 7.06. The maximum atomic E-state index is 6.43. The summed E-state index contributed by atoms with van der Waals surface area (Å²) in [7, 11) is 1.66. The quantitative estimate of drug-likeness (QED) is 0.749. The van der Waals surface area contributed by atoms with Crippen LogP contribution in [0.5, 0.6) is 5.75 Å². The molecule has 1 aromatic heterocycles. The lowest BCUT2D eigenvalue weighted by atomic mass is 9.93. The molecule has 0 spiro atoms. The van der Waals surface area contributed by atoms with Gasteiger partial charge in [0.15, 0.2) is 0 Å². The maximum Gasteiger partial charge on any atom is 0.241 e. The van der Waals surface area contributed by atoms with Gasteiger partial charge in [0.1, 0.15) is 5.75 Å². The molecule has 3 N–H and O–H groups in total. The highest BCUT2D eigenvalue weighted by atomic mass is 35.5. The summed E-state index contributed by atoms with van der Waals surface area (Å²) in [6.45, 7) is 0. The van der Waals surface area contributed by atoms with E-state index >= 15 is 0 Å². The van der Waals surface area contributed by atoms with E-state index < -0.39 is 0 Å². The molecule has 3 aromatic rings. The van der Waals surface area contributed by atoms with Crippen LogP contribution < -0.4 is 15.8 Å². The van der Waals surface area contributed by atoms with Crippen LogP contribution in [0.3, 0.4) is 0 Å². The number of halogens is 1. The lowest BCUT2D eigenvalue weighted by Crippen LogP contribution is -2.28. The largest absolute Gasteiger partial charge is 0.497 e. The molecule has 1 aliphatic heterocycles. The number of anilines is 2. The van der Waals surface area contributed by atoms with E-state index in [2.05, 4.69) is 27.5 Å². The molecule has 25 heavy (non-hydrogen) atoms. The molecule has 2 heterocycles. The van der Waals surface area contributed by atoms with Crippen molar-refractivity contribution < 1.29 is 4.74 Å². The molecule has 6 nitrogen and oxygen atoms in total. The average Bonchev–Trinajstić information content (AvgIpc) is 3.01. The topological polar surface area (TPSA) is 78.0 Å². The third-order valence-electron chi connectivity index (χ3n) is 4.49. The van der Waals surface area contributed by atoms with Gasteiger partial charge in [0.25, 0.3) is 0 Å². The smallest absolute Gasteiger partial charge is 0.241 e. The fraction of sp³-hybridized carbons (Fsp3) is 0.222. The molecular weight excluding hydrogens is 338 g/mol. The van der Waals surface area contributed by atoms with E-state index in [9.17, 15) is 0 Å². The van der Waals surface area contributed by atoms with Crippen molar-refractivity contribution in [1.29, 1.82) is 0 Å². The number of hydrogen-bond acceptors (Lipinski definition) is 5. The fourth-order valence-electron chi connectivity index (χ4n) is 3.25. The van der Waals surface area contributed by atoms with E-state index in [0.717, 1.165) is 23.3 Å². The van der Waals surface area contributed by atoms with Gasteiger partial charge in [0, 0.05) is 5.02 Å². The zero-order chi connectivity index (χ0) is 17.4. The number of rotatable bonds is 3. The Morgan fingerprint density at radius 2 is 1.96 bits per heavy atom. The molecular formula is C18H18ClN5O.